The predicted molar refractivity (Wildman–Crippen MR) is 134 cm³/mol. The van der Waals surface area contributed by atoms with Gasteiger partial charge in [-0.2, -0.15) is 0 Å². The Labute approximate surface area is 206 Å². The normalized spacial score (nSPS) is 12.9. The number of amides is 1. The predicted octanol–water partition coefficient (Wildman–Crippen LogP) is 5.45. The van der Waals surface area contributed by atoms with Gasteiger partial charge >= 0.3 is 12.1 Å². The van der Waals surface area contributed by atoms with Gasteiger partial charge < -0.3 is 19.5 Å². The molecule has 6 heteroatoms. The number of carbonyl (C=O) groups is 2. The Bertz CT molecular complexity index is 1090. The summed E-state index contributed by atoms with van der Waals surface area (Å²) in [6, 6.07) is 25.0. The van der Waals surface area contributed by atoms with Crippen molar-refractivity contribution >= 4 is 12.1 Å². The minimum atomic E-state index is -0.953. The zero-order valence-electron chi connectivity index (χ0n) is 19.9. The molecule has 3 aromatic carbocycles. The second kappa shape index (κ2) is 12.2. The molecular formula is C29H31NO5. The molecule has 1 atom stereocenters. The summed E-state index contributed by atoms with van der Waals surface area (Å²) in [5.41, 5.74) is 5.55. The Hall–Kier alpha value is -3.64. The zero-order valence-corrected chi connectivity index (χ0v) is 19.9. The van der Waals surface area contributed by atoms with Crippen LogP contribution in [0, 0.1) is 0 Å². The van der Waals surface area contributed by atoms with Gasteiger partial charge in [0.15, 0.2) is 6.04 Å². The number of hydrogen-bond acceptors (Lipinski definition) is 5. The summed E-state index contributed by atoms with van der Waals surface area (Å²) in [7, 11) is 0. The Morgan fingerprint density at radius 1 is 0.857 bits per heavy atom. The highest BCUT2D eigenvalue weighted by molar-refractivity contribution is 5.82. The number of benzene rings is 3. The number of esters is 1. The van der Waals surface area contributed by atoms with Crippen LogP contribution >= 0.6 is 0 Å². The van der Waals surface area contributed by atoms with Crippen molar-refractivity contribution < 1.29 is 23.8 Å². The van der Waals surface area contributed by atoms with Crippen LogP contribution in [0.2, 0.25) is 0 Å². The van der Waals surface area contributed by atoms with Gasteiger partial charge in [-0.3, -0.25) is 0 Å². The first-order valence-corrected chi connectivity index (χ1v) is 12.1. The Balaban J connectivity index is 1.36. The van der Waals surface area contributed by atoms with Gasteiger partial charge in [0.05, 0.1) is 19.8 Å². The van der Waals surface area contributed by atoms with Gasteiger partial charge in [-0.25, -0.2) is 9.59 Å². The third-order valence-corrected chi connectivity index (χ3v) is 6.06. The number of ether oxygens (including phenoxy) is 3. The van der Waals surface area contributed by atoms with Crippen molar-refractivity contribution in [3.05, 3.63) is 95.6 Å². The molecule has 0 unspecified atom stereocenters. The standard InChI is InChI=1S/C29H31NO5/c1-2-3-17-34-28(31)27(20-33-18-21-11-5-4-6-12-21)30-29(32)35-19-26-24-15-9-7-13-22(24)23-14-8-10-16-25(23)26/h4-16,26-27H,2-3,17-20H2,1H3,(H,30,32)/t27-/m1/s1. The maximum atomic E-state index is 12.7. The van der Waals surface area contributed by atoms with Crippen molar-refractivity contribution in [2.24, 2.45) is 0 Å². The molecule has 1 aliphatic rings. The van der Waals surface area contributed by atoms with Crippen LogP contribution in [-0.2, 0) is 25.6 Å². The molecule has 0 spiro atoms. The smallest absolute Gasteiger partial charge is 0.407 e. The molecule has 0 bridgehead atoms. The van der Waals surface area contributed by atoms with E-state index in [1.54, 1.807) is 0 Å². The highest BCUT2D eigenvalue weighted by Crippen LogP contribution is 2.44. The number of alkyl carbamates (subject to hydrolysis) is 1. The van der Waals surface area contributed by atoms with E-state index in [0.717, 1.165) is 40.7 Å². The van der Waals surface area contributed by atoms with Crippen LogP contribution in [0.4, 0.5) is 4.79 Å². The summed E-state index contributed by atoms with van der Waals surface area (Å²) < 4.78 is 16.6. The van der Waals surface area contributed by atoms with Gasteiger partial charge in [-0.1, -0.05) is 92.2 Å². The van der Waals surface area contributed by atoms with Gasteiger partial charge in [0.1, 0.15) is 6.61 Å². The molecule has 0 aliphatic heterocycles. The Morgan fingerprint density at radius 2 is 1.49 bits per heavy atom. The summed E-state index contributed by atoms with van der Waals surface area (Å²) in [5, 5.41) is 2.64. The molecule has 0 fully saturated rings. The summed E-state index contributed by atoms with van der Waals surface area (Å²) in [6.07, 6.45) is 0.990. The molecule has 3 aromatic rings. The first-order chi connectivity index (χ1) is 17.2. The molecular weight excluding hydrogens is 442 g/mol. The van der Waals surface area contributed by atoms with Gasteiger partial charge in [0, 0.05) is 5.92 Å². The summed E-state index contributed by atoms with van der Waals surface area (Å²) in [4.78, 5) is 25.3. The molecule has 35 heavy (non-hydrogen) atoms. The van der Waals surface area contributed by atoms with Crippen molar-refractivity contribution in [2.75, 3.05) is 19.8 Å². The van der Waals surface area contributed by atoms with Crippen LogP contribution < -0.4 is 5.32 Å². The second-order valence-corrected chi connectivity index (χ2v) is 8.54. The number of rotatable bonds is 11. The van der Waals surface area contributed by atoms with Crippen LogP contribution in [0.15, 0.2) is 78.9 Å². The Morgan fingerprint density at radius 3 is 2.14 bits per heavy atom. The fourth-order valence-electron chi connectivity index (χ4n) is 4.24. The lowest BCUT2D eigenvalue weighted by atomic mass is 9.98. The van der Waals surface area contributed by atoms with Crippen molar-refractivity contribution in [3.63, 3.8) is 0 Å². The van der Waals surface area contributed by atoms with E-state index >= 15 is 0 Å². The fourth-order valence-corrected chi connectivity index (χ4v) is 4.24. The molecule has 0 aromatic heterocycles. The van der Waals surface area contributed by atoms with Crippen LogP contribution in [0.25, 0.3) is 11.1 Å². The van der Waals surface area contributed by atoms with E-state index in [9.17, 15) is 9.59 Å². The zero-order chi connectivity index (χ0) is 24.5. The maximum Gasteiger partial charge on any atom is 0.407 e. The quantitative estimate of drug-likeness (QED) is 0.296. The van der Waals surface area contributed by atoms with Crippen molar-refractivity contribution in [2.45, 2.75) is 38.3 Å². The summed E-state index contributed by atoms with van der Waals surface area (Å²) in [5.74, 6) is -0.586. The third kappa shape index (κ3) is 6.28. The molecule has 0 radical (unpaired) electrons. The van der Waals surface area contributed by atoms with E-state index in [1.807, 2.05) is 61.5 Å². The highest BCUT2D eigenvalue weighted by atomic mass is 16.6. The van der Waals surface area contributed by atoms with Gasteiger partial charge in [0.25, 0.3) is 0 Å². The topological polar surface area (TPSA) is 73.9 Å². The lowest BCUT2D eigenvalue weighted by Crippen LogP contribution is -2.45. The van der Waals surface area contributed by atoms with E-state index in [4.69, 9.17) is 14.2 Å². The molecule has 0 heterocycles. The maximum absolute atomic E-state index is 12.7. The summed E-state index contributed by atoms with van der Waals surface area (Å²) >= 11 is 0. The monoisotopic (exact) mass is 473 g/mol. The van der Waals surface area contributed by atoms with Crippen LogP contribution in [-0.4, -0.2) is 37.9 Å². The molecule has 1 amide bonds. The van der Waals surface area contributed by atoms with E-state index in [2.05, 4.69) is 29.6 Å². The molecule has 182 valence electrons. The lowest BCUT2D eigenvalue weighted by Gasteiger charge is -2.19. The van der Waals surface area contributed by atoms with Crippen molar-refractivity contribution in [1.29, 1.82) is 0 Å². The van der Waals surface area contributed by atoms with Gasteiger partial charge in [-0.15, -0.1) is 0 Å². The molecule has 0 saturated heterocycles. The number of hydrogen-bond donors (Lipinski definition) is 1. The lowest BCUT2D eigenvalue weighted by molar-refractivity contribution is -0.148. The van der Waals surface area contributed by atoms with E-state index in [1.165, 1.54) is 0 Å². The van der Waals surface area contributed by atoms with Crippen molar-refractivity contribution in [1.82, 2.24) is 5.32 Å². The Kier molecular flexibility index (Phi) is 8.52. The molecule has 6 nitrogen and oxygen atoms in total. The SMILES string of the molecule is CCCCOC(=O)[C@@H](COCc1ccccc1)NC(=O)OCC1c2ccccc2-c2ccccc21. The average Bonchev–Trinajstić information content (AvgIpc) is 3.21. The fraction of sp³-hybridized carbons (Fsp3) is 0.310. The molecule has 1 aliphatic carbocycles. The first kappa shape index (κ1) is 24.5. The molecule has 1 N–H and O–H groups in total. The number of carbonyl (C=O) groups excluding carboxylic acids is 2. The van der Waals surface area contributed by atoms with Crippen LogP contribution in [0.5, 0.6) is 0 Å². The first-order valence-electron chi connectivity index (χ1n) is 12.1. The third-order valence-electron chi connectivity index (χ3n) is 6.06. The van der Waals surface area contributed by atoms with Crippen LogP contribution in [0.3, 0.4) is 0 Å². The minimum Gasteiger partial charge on any atom is -0.464 e. The van der Waals surface area contributed by atoms with E-state index < -0.39 is 18.1 Å². The van der Waals surface area contributed by atoms with Crippen LogP contribution in [0.1, 0.15) is 42.4 Å². The number of fused-ring (bicyclic) bond motifs is 3. The second-order valence-electron chi connectivity index (χ2n) is 8.54. The minimum absolute atomic E-state index is 0.00987. The summed E-state index contributed by atoms with van der Waals surface area (Å²) in [6.45, 7) is 2.80. The van der Waals surface area contributed by atoms with Gasteiger partial charge in [-0.05, 0) is 34.2 Å². The van der Waals surface area contributed by atoms with Gasteiger partial charge in [0.2, 0.25) is 0 Å². The van der Waals surface area contributed by atoms with E-state index in [-0.39, 0.29) is 19.1 Å². The number of unbranched alkanes of at least 4 members (excludes halogenated alkanes) is 1. The molecule has 0 saturated carbocycles. The van der Waals surface area contributed by atoms with E-state index in [0.29, 0.717) is 13.2 Å². The van der Waals surface area contributed by atoms with Crippen molar-refractivity contribution in [3.8, 4) is 11.1 Å². The highest BCUT2D eigenvalue weighted by Gasteiger charge is 2.30. The number of nitrogens with one attached hydrogen (secondary N) is 1. The molecule has 4 rings (SSSR count). The average molecular weight is 474 g/mol. The largest absolute Gasteiger partial charge is 0.464 e.